The minimum absolute atomic E-state index is 0.0566. The molecule has 1 rings (SSSR count). The van der Waals surface area contributed by atoms with Crippen molar-refractivity contribution in [3.05, 3.63) is 35.4 Å². The molecule has 0 unspecified atom stereocenters. The lowest BCUT2D eigenvalue weighted by molar-refractivity contribution is 0.598. The summed E-state index contributed by atoms with van der Waals surface area (Å²) >= 11 is 0. The van der Waals surface area contributed by atoms with Crippen molar-refractivity contribution in [2.45, 2.75) is 25.5 Å². The van der Waals surface area contributed by atoms with E-state index in [-0.39, 0.29) is 5.75 Å². The van der Waals surface area contributed by atoms with Gasteiger partial charge >= 0.3 is 0 Å². The van der Waals surface area contributed by atoms with E-state index in [1.54, 1.807) is 6.07 Å². The predicted molar refractivity (Wildman–Crippen MR) is 63.6 cm³/mol. The Balaban J connectivity index is 2.81. The van der Waals surface area contributed by atoms with Crippen LogP contribution in [0.4, 0.5) is 0 Å². The van der Waals surface area contributed by atoms with Crippen LogP contribution in [-0.4, -0.2) is 14.2 Å². The molecule has 0 radical (unpaired) electrons. The molecule has 0 heterocycles. The zero-order valence-electron chi connectivity index (χ0n) is 9.47. The van der Waals surface area contributed by atoms with Gasteiger partial charge in [-0.2, -0.15) is 5.26 Å². The van der Waals surface area contributed by atoms with Crippen LogP contribution < -0.4 is 0 Å². The molecule has 0 bridgehead atoms. The molecular weight excluding hydrogens is 222 g/mol. The lowest BCUT2D eigenvalue weighted by Gasteiger charge is -2.06. The Morgan fingerprint density at radius 2 is 1.81 bits per heavy atom. The molecule has 0 saturated heterocycles. The molecule has 0 aromatic heterocycles. The number of benzene rings is 1. The maximum Gasteiger partial charge on any atom is 0.167 e. The third-order valence-corrected chi connectivity index (χ3v) is 3.66. The molecule has 1 aromatic carbocycles. The van der Waals surface area contributed by atoms with E-state index in [0.717, 1.165) is 5.56 Å². The number of rotatable bonds is 4. The molecule has 0 aliphatic carbocycles. The fraction of sp³-hybridized carbons (Fsp3) is 0.417. The van der Waals surface area contributed by atoms with Crippen molar-refractivity contribution in [3.63, 3.8) is 0 Å². The molecule has 0 aliphatic heterocycles. The molecule has 0 atom stereocenters. The molecule has 0 saturated carbocycles. The summed E-state index contributed by atoms with van der Waals surface area (Å²) in [6.07, 6.45) is 0. The van der Waals surface area contributed by atoms with Crippen LogP contribution in [0, 0.1) is 11.3 Å². The van der Waals surface area contributed by atoms with Gasteiger partial charge in [0.1, 0.15) is 5.75 Å². The Kier molecular flexibility index (Phi) is 4.08. The smallest absolute Gasteiger partial charge is 0.167 e. The van der Waals surface area contributed by atoms with Crippen LogP contribution in [0.3, 0.4) is 0 Å². The molecule has 0 N–H and O–H groups in total. The minimum Gasteiger partial charge on any atom is -0.227 e. The van der Waals surface area contributed by atoms with Crippen LogP contribution in [-0.2, 0) is 15.6 Å². The van der Waals surface area contributed by atoms with Crippen molar-refractivity contribution in [3.8, 4) is 6.07 Å². The monoisotopic (exact) mass is 237 g/mol. The number of nitriles is 1. The maximum atomic E-state index is 11.4. The SMILES string of the molecule is CC(C)c1ccc(CS(=O)(=O)CC#N)cc1. The topological polar surface area (TPSA) is 57.9 Å². The third-order valence-electron chi connectivity index (χ3n) is 2.32. The molecule has 4 heteroatoms. The van der Waals surface area contributed by atoms with Gasteiger partial charge in [0.2, 0.25) is 0 Å². The summed E-state index contributed by atoms with van der Waals surface area (Å²) in [7, 11) is -3.28. The lowest BCUT2D eigenvalue weighted by Crippen LogP contribution is -2.07. The first-order chi connectivity index (χ1) is 7.44. The molecule has 3 nitrogen and oxygen atoms in total. The summed E-state index contributed by atoms with van der Waals surface area (Å²) in [5.74, 6) is -0.0394. The Hall–Kier alpha value is -1.34. The quantitative estimate of drug-likeness (QED) is 0.807. The van der Waals surface area contributed by atoms with Crippen molar-refractivity contribution in [2.75, 3.05) is 5.75 Å². The third kappa shape index (κ3) is 3.67. The highest BCUT2D eigenvalue weighted by atomic mass is 32.2. The highest BCUT2D eigenvalue weighted by Gasteiger charge is 2.11. The van der Waals surface area contributed by atoms with Crippen LogP contribution in [0.15, 0.2) is 24.3 Å². The van der Waals surface area contributed by atoms with Gasteiger partial charge < -0.3 is 0 Å². The second kappa shape index (κ2) is 5.13. The summed E-state index contributed by atoms with van der Waals surface area (Å²) in [4.78, 5) is 0. The van der Waals surface area contributed by atoms with E-state index in [2.05, 4.69) is 13.8 Å². The van der Waals surface area contributed by atoms with E-state index in [0.29, 0.717) is 5.92 Å². The van der Waals surface area contributed by atoms with E-state index >= 15 is 0 Å². The highest BCUT2D eigenvalue weighted by Crippen LogP contribution is 2.16. The highest BCUT2D eigenvalue weighted by molar-refractivity contribution is 7.90. The standard InChI is InChI=1S/C12H15NO2S/c1-10(2)12-5-3-11(4-6-12)9-16(14,15)8-7-13/h3-6,10H,8-9H2,1-2H3. The first kappa shape index (κ1) is 12.7. The summed E-state index contributed by atoms with van der Waals surface area (Å²) in [6, 6.07) is 9.15. The number of hydrogen-bond acceptors (Lipinski definition) is 3. The van der Waals surface area contributed by atoms with Gasteiger partial charge in [-0.1, -0.05) is 38.1 Å². The first-order valence-corrected chi connectivity index (χ1v) is 6.93. The fourth-order valence-corrected chi connectivity index (χ4v) is 2.40. The van der Waals surface area contributed by atoms with Crippen LogP contribution in [0.1, 0.15) is 30.9 Å². The predicted octanol–water partition coefficient (Wildman–Crippen LogP) is 2.25. The zero-order chi connectivity index (χ0) is 12.2. The van der Waals surface area contributed by atoms with Crippen molar-refractivity contribution < 1.29 is 8.42 Å². The maximum absolute atomic E-state index is 11.4. The normalized spacial score (nSPS) is 11.4. The Bertz CT molecular complexity index is 481. The van der Waals surface area contributed by atoms with Crippen LogP contribution in [0.2, 0.25) is 0 Å². The summed E-state index contributed by atoms with van der Waals surface area (Å²) in [5, 5.41) is 8.37. The van der Waals surface area contributed by atoms with Crippen LogP contribution in [0.25, 0.3) is 0 Å². The van der Waals surface area contributed by atoms with E-state index in [4.69, 9.17) is 5.26 Å². The van der Waals surface area contributed by atoms with E-state index in [9.17, 15) is 8.42 Å². The van der Waals surface area contributed by atoms with E-state index in [1.807, 2.05) is 24.3 Å². The lowest BCUT2D eigenvalue weighted by atomic mass is 10.0. The molecule has 0 spiro atoms. The van der Waals surface area contributed by atoms with Crippen LogP contribution in [0.5, 0.6) is 0 Å². The fourth-order valence-electron chi connectivity index (χ4n) is 1.40. The summed E-state index contributed by atoms with van der Waals surface area (Å²) < 4.78 is 22.8. The second-order valence-corrected chi connectivity index (χ2v) is 6.15. The van der Waals surface area contributed by atoms with Gasteiger partial charge in [-0.25, -0.2) is 8.42 Å². The van der Waals surface area contributed by atoms with E-state index in [1.165, 1.54) is 5.56 Å². The first-order valence-electron chi connectivity index (χ1n) is 5.11. The average Bonchev–Trinajstić information content (AvgIpc) is 2.17. The molecule has 0 aliphatic rings. The molecule has 0 amide bonds. The summed E-state index contributed by atoms with van der Waals surface area (Å²) in [5.41, 5.74) is 1.92. The number of hydrogen-bond donors (Lipinski definition) is 0. The van der Waals surface area contributed by atoms with Crippen molar-refractivity contribution >= 4 is 9.84 Å². The Labute approximate surface area is 96.6 Å². The average molecular weight is 237 g/mol. The van der Waals surface area contributed by atoms with Gasteiger partial charge in [0, 0.05) is 0 Å². The molecule has 86 valence electrons. The second-order valence-electron chi connectivity index (χ2n) is 4.09. The van der Waals surface area contributed by atoms with Crippen LogP contribution >= 0.6 is 0 Å². The Morgan fingerprint density at radius 3 is 2.25 bits per heavy atom. The minimum atomic E-state index is -3.28. The van der Waals surface area contributed by atoms with Crippen molar-refractivity contribution in [1.82, 2.24) is 0 Å². The Morgan fingerprint density at radius 1 is 1.25 bits per heavy atom. The van der Waals surface area contributed by atoms with Gasteiger partial charge in [0.15, 0.2) is 9.84 Å². The van der Waals surface area contributed by atoms with E-state index < -0.39 is 15.6 Å². The van der Waals surface area contributed by atoms with Gasteiger partial charge in [-0.05, 0) is 17.0 Å². The van der Waals surface area contributed by atoms with Gasteiger partial charge in [0.25, 0.3) is 0 Å². The van der Waals surface area contributed by atoms with Gasteiger partial charge in [0.05, 0.1) is 11.8 Å². The number of nitrogens with zero attached hydrogens (tertiary/aromatic N) is 1. The molecule has 16 heavy (non-hydrogen) atoms. The zero-order valence-corrected chi connectivity index (χ0v) is 10.3. The van der Waals surface area contributed by atoms with Crippen molar-refractivity contribution in [1.29, 1.82) is 5.26 Å². The summed E-state index contributed by atoms with van der Waals surface area (Å²) in [6.45, 7) is 4.17. The molecular formula is C12H15NO2S. The van der Waals surface area contributed by atoms with Gasteiger partial charge in [-0.3, -0.25) is 0 Å². The largest absolute Gasteiger partial charge is 0.227 e. The molecule has 1 aromatic rings. The van der Waals surface area contributed by atoms with Crippen molar-refractivity contribution in [2.24, 2.45) is 0 Å². The van der Waals surface area contributed by atoms with Gasteiger partial charge in [-0.15, -0.1) is 0 Å². The number of sulfone groups is 1. The molecule has 0 fully saturated rings.